The molecule has 0 spiro atoms. The molecule has 1 aliphatic heterocycles. The van der Waals surface area contributed by atoms with E-state index >= 15 is 0 Å². The van der Waals surface area contributed by atoms with Gasteiger partial charge in [0.25, 0.3) is 0 Å². The summed E-state index contributed by atoms with van der Waals surface area (Å²) < 4.78 is 0. The van der Waals surface area contributed by atoms with Gasteiger partial charge in [0.1, 0.15) is 0 Å². The van der Waals surface area contributed by atoms with Crippen molar-refractivity contribution >= 4 is 0 Å². The van der Waals surface area contributed by atoms with Gasteiger partial charge in [0.05, 0.1) is 0 Å². The Hall–Kier alpha value is -0.0800. The molecule has 2 fully saturated rings. The van der Waals surface area contributed by atoms with Gasteiger partial charge in [0.15, 0.2) is 0 Å². The predicted molar refractivity (Wildman–Crippen MR) is 83.5 cm³/mol. The Bertz CT molecular complexity index is 233. The maximum atomic E-state index is 3.82. The fourth-order valence-electron chi connectivity index (χ4n) is 3.70. The number of hydrogen-bond donors (Lipinski definition) is 1. The minimum Gasteiger partial charge on any atom is -0.313 e. The van der Waals surface area contributed by atoms with Gasteiger partial charge in [0, 0.05) is 19.1 Å². The van der Waals surface area contributed by atoms with Crippen molar-refractivity contribution in [3.8, 4) is 0 Å². The average molecular weight is 266 g/mol. The summed E-state index contributed by atoms with van der Waals surface area (Å²) >= 11 is 0. The van der Waals surface area contributed by atoms with E-state index in [0.717, 1.165) is 17.9 Å². The van der Waals surface area contributed by atoms with Crippen LogP contribution in [0.5, 0.6) is 0 Å². The lowest BCUT2D eigenvalue weighted by atomic mass is 9.98. The van der Waals surface area contributed by atoms with Gasteiger partial charge in [0.2, 0.25) is 0 Å². The van der Waals surface area contributed by atoms with Crippen LogP contribution in [0.2, 0.25) is 0 Å². The third kappa shape index (κ3) is 5.43. The highest BCUT2D eigenvalue weighted by atomic mass is 15.1. The van der Waals surface area contributed by atoms with Gasteiger partial charge in [-0.15, -0.1) is 0 Å². The molecule has 2 nitrogen and oxygen atoms in total. The summed E-state index contributed by atoms with van der Waals surface area (Å²) in [5.74, 6) is 1.97. The summed E-state index contributed by atoms with van der Waals surface area (Å²) in [5, 5.41) is 3.82. The molecule has 1 N–H and O–H groups in total. The molecule has 0 aromatic heterocycles. The van der Waals surface area contributed by atoms with Crippen LogP contribution in [0.25, 0.3) is 0 Å². The standard InChI is InChI=1S/C17H34N2/c1-3-16-5-4-6-17(8-7-16)18-11-14-19-12-9-15(2)10-13-19/h15-18H,3-14H2,1-2H3. The van der Waals surface area contributed by atoms with E-state index in [0.29, 0.717) is 0 Å². The van der Waals surface area contributed by atoms with E-state index in [1.165, 1.54) is 77.5 Å². The molecule has 2 unspecified atom stereocenters. The smallest absolute Gasteiger partial charge is 0.0107 e. The van der Waals surface area contributed by atoms with Gasteiger partial charge in [-0.05, 0) is 57.0 Å². The van der Waals surface area contributed by atoms with Crippen molar-refractivity contribution in [2.24, 2.45) is 11.8 Å². The van der Waals surface area contributed by atoms with Gasteiger partial charge in [-0.3, -0.25) is 0 Å². The molecule has 2 aliphatic rings. The molecular weight excluding hydrogens is 232 g/mol. The molecule has 0 bridgehead atoms. The summed E-state index contributed by atoms with van der Waals surface area (Å²) in [7, 11) is 0. The quantitative estimate of drug-likeness (QED) is 0.764. The number of nitrogens with one attached hydrogen (secondary N) is 1. The van der Waals surface area contributed by atoms with E-state index in [4.69, 9.17) is 0 Å². The second kappa shape index (κ2) is 8.26. The fraction of sp³-hybridized carbons (Fsp3) is 1.00. The molecular formula is C17H34N2. The van der Waals surface area contributed by atoms with Gasteiger partial charge in [-0.25, -0.2) is 0 Å². The summed E-state index contributed by atoms with van der Waals surface area (Å²) in [6.45, 7) is 9.87. The van der Waals surface area contributed by atoms with Crippen LogP contribution < -0.4 is 5.32 Å². The molecule has 19 heavy (non-hydrogen) atoms. The Kier molecular flexibility index (Phi) is 6.66. The number of piperidine rings is 1. The van der Waals surface area contributed by atoms with Gasteiger partial charge < -0.3 is 10.2 Å². The van der Waals surface area contributed by atoms with Crippen molar-refractivity contribution in [3.63, 3.8) is 0 Å². The zero-order valence-electron chi connectivity index (χ0n) is 13.2. The van der Waals surface area contributed by atoms with Gasteiger partial charge in [-0.1, -0.05) is 33.1 Å². The third-order valence-corrected chi connectivity index (χ3v) is 5.40. The molecule has 0 amide bonds. The summed E-state index contributed by atoms with van der Waals surface area (Å²) in [6.07, 6.45) is 11.4. The molecule has 0 aromatic rings. The minimum atomic E-state index is 0.806. The van der Waals surface area contributed by atoms with Crippen LogP contribution in [0, 0.1) is 11.8 Å². The Morgan fingerprint density at radius 1 is 1.00 bits per heavy atom. The first-order valence-electron chi connectivity index (χ1n) is 8.73. The van der Waals surface area contributed by atoms with E-state index in [9.17, 15) is 0 Å². The Labute approximate surface area is 120 Å². The normalized spacial score (nSPS) is 31.3. The van der Waals surface area contributed by atoms with E-state index in [2.05, 4.69) is 24.1 Å². The molecule has 0 aromatic carbocycles. The van der Waals surface area contributed by atoms with E-state index in [1.54, 1.807) is 0 Å². The van der Waals surface area contributed by atoms with Crippen molar-refractivity contribution in [1.82, 2.24) is 10.2 Å². The predicted octanol–water partition coefficient (Wildman–Crippen LogP) is 3.67. The Morgan fingerprint density at radius 3 is 2.53 bits per heavy atom. The van der Waals surface area contributed by atoms with Crippen LogP contribution >= 0.6 is 0 Å². The van der Waals surface area contributed by atoms with Crippen LogP contribution in [-0.4, -0.2) is 37.1 Å². The largest absolute Gasteiger partial charge is 0.313 e. The lowest BCUT2D eigenvalue weighted by molar-refractivity contribution is 0.190. The molecule has 2 rings (SSSR count). The molecule has 0 radical (unpaired) electrons. The number of hydrogen-bond acceptors (Lipinski definition) is 2. The zero-order valence-corrected chi connectivity index (χ0v) is 13.2. The zero-order chi connectivity index (χ0) is 13.5. The number of nitrogens with zero attached hydrogens (tertiary/aromatic N) is 1. The van der Waals surface area contributed by atoms with Crippen LogP contribution in [-0.2, 0) is 0 Å². The molecule has 1 saturated heterocycles. The molecule has 1 aliphatic carbocycles. The SMILES string of the molecule is CCC1CCCC(NCCN2CCC(C)CC2)CC1. The molecule has 2 heteroatoms. The molecule has 112 valence electrons. The lowest BCUT2D eigenvalue weighted by Gasteiger charge is -2.30. The average Bonchev–Trinajstić information content (AvgIpc) is 2.66. The number of rotatable bonds is 5. The van der Waals surface area contributed by atoms with E-state index in [-0.39, 0.29) is 0 Å². The first kappa shape index (κ1) is 15.3. The van der Waals surface area contributed by atoms with Crippen LogP contribution in [0.4, 0.5) is 0 Å². The fourth-order valence-corrected chi connectivity index (χ4v) is 3.70. The monoisotopic (exact) mass is 266 g/mol. The van der Waals surface area contributed by atoms with Crippen molar-refractivity contribution in [2.45, 2.75) is 71.3 Å². The van der Waals surface area contributed by atoms with Crippen LogP contribution in [0.3, 0.4) is 0 Å². The minimum absolute atomic E-state index is 0.806. The van der Waals surface area contributed by atoms with Crippen molar-refractivity contribution in [2.75, 3.05) is 26.2 Å². The highest BCUT2D eigenvalue weighted by Crippen LogP contribution is 2.25. The van der Waals surface area contributed by atoms with Crippen molar-refractivity contribution in [1.29, 1.82) is 0 Å². The Morgan fingerprint density at radius 2 is 1.79 bits per heavy atom. The highest BCUT2D eigenvalue weighted by Gasteiger charge is 2.18. The highest BCUT2D eigenvalue weighted by molar-refractivity contribution is 4.76. The Balaban J connectivity index is 1.57. The topological polar surface area (TPSA) is 15.3 Å². The first-order chi connectivity index (χ1) is 9.28. The maximum absolute atomic E-state index is 3.82. The number of likely N-dealkylation sites (tertiary alicyclic amines) is 1. The van der Waals surface area contributed by atoms with E-state index < -0.39 is 0 Å². The first-order valence-corrected chi connectivity index (χ1v) is 8.73. The second-order valence-electron chi connectivity index (χ2n) is 6.96. The van der Waals surface area contributed by atoms with Gasteiger partial charge in [-0.2, -0.15) is 0 Å². The molecule has 2 atom stereocenters. The third-order valence-electron chi connectivity index (χ3n) is 5.40. The summed E-state index contributed by atoms with van der Waals surface area (Å²) in [6, 6.07) is 0.806. The summed E-state index contributed by atoms with van der Waals surface area (Å²) in [5.41, 5.74) is 0. The molecule has 1 heterocycles. The lowest BCUT2D eigenvalue weighted by Crippen LogP contribution is -2.40. The van der Waals surface area contributed by atoms with Crippen LogP contribution in [0.15, 0.2) is 0 Å². The second-order valence-corrected chi connectivity index (χ2v) is 6.96. The van der Waals surface area contributed by atoms with Crippen LogP contribution in [0.1, 0.15) is 65.2 Å². The maximum Gasteiger partial charge on any atom is 0.0107 e. The summed E-state index contributed by atoms with van der Waals surface area (Å²) in [4.78, 5) is 2.65. The molecule has 1 saturated carbocycles. The van der Waals surface area contributed by atoms with Crippen molar-refractivity contribution in [3.05, 3.63) is 0 Å². The van der Waals surface area contributed by atoms with E-state index in [1.807, 2.05) is 0 Å². The van der Waals surface area contributed by atoms with Gasteiger partial charge >= 0.3 is 0 Å². The van der Waals surface area contributed by atoms with Crippen molar-refractivity contribution < 1.29 is 0 Å².